The van der Waals surface area contributed by atoms with Crippen molar-refractivity contribution >= 4 is 17.5 Å². The van der Waals surface area contributed by atoms with E-state index in [0.29, 0.717) is 10.8 Å². The molecule has 1 aromatic heterocycles. The maximum atomic E-state index is 12.3. The van der Waals surface area contributed by atoms with Crippen LogP contribution < -0.4 is 10.1 Å². The van der Waals surface area contributed by atoms with Crippen molar-refractivity contribution in [3.63, 3.8) is 0 Å². The van der Waals surface area contributed by atoms with Crippen molar-refractivity contribution in [1.82, 2.24) is 15.5 Å². The lowest BCUT2D eigenvalue weighted by Crippen LogP contribution is -2.28. The summed E-state index contributed by atoms with van der Waals surface area (Å²) < 4.78 is 46.5. The summed E-state index contributed by atoms with van der Waals surface area (Å²) in [6.45, 7) is 1.11. The van der Waals surface area contributed by atoms with Crippen LogP contribution in [-0.2, 0) is 17.5 Å². The van der Waals surface area contributed by atoms with Crippen LogP contribution in [-0.4, -0.2) is 22.7 Å². The fraction of sp³-hybridized carbons (Fsp3) is 0.308. The number of benzene rings is 1. The minimum atomic E-state index is -4.69. The SMILES string of the molecule is Cc1cc(Cl)ccc1OCC(=O)NCc1nc(C(F)(F)F)no1. The van der Waals surface area contributed by atoms with Gasteiger partial charge >= 0.3 is 6.18 Å². The van der Waals surface area contributed by atoms with Crippen molar-refractivity contribution in [1.29, 1.82) is 0 Å². The van der Waals surface area contributed by atoms with Crippen molar-refractivity contribution in [3.8, 4) is 5.75 Å². The van der Waals surface area contributed by atoms with Gasteiger partial charge in [-0.3, -0.25) is 4.79 Å². The molecule has 6 nitrogen and oxygen atoms in total. The van der Waals surface area contributed by atoms with Crippen LogP contribution in [0.15, 0.2) is 22.7 Å². The van der Waals surface area contributed by atoms with E-state index in [-0.39, 0.29) is 19.0 Å². The molecule has 1 N–H and O–H groups in total. The van der Waals surface area contributed by atoms with Gasteiger partial charge in [-0.15, -0.1) is 0 Å². The van der Waals surface area contributed by atoms with Crippen LogP contribution in [0.3, 0.4) is 0 Å². The standard InChI is InChI=1S/C13H11ClF3N3O3/c1-7-4-8(14)2-3-9(7)22-6-10(21)18-5-11-19-12(20-23-11)13(15,16)17/h2-4H,5-6H2,1H3,(H,18,21). The number of carbonyl (C=O) groups is 1. The molecule has 0 spiro atoms. The van der Waals surface area contributed by atoms with Gasteiger partial charge in [0.1, 0.15) is 5.75 Å². The number of nitrogens with zero attached hydrogens (tertiary/aromatic N) is 2. The monoisotopic (exact) mass is 349 g/mol. The number of amides is 1. The van der Waals surface area contributed by atoms with E-state index in [0.717, 1.165) is 5.56 Å². The molecule has 10 heteroatoms. The van der Waals surface area contributed by atoms with Gasteiger partial charge in [-0.25, -0.2) is 0 Å². The first kappa shape index (κ1) is 17.1. The van der Waals surface area contributed by atoms with Crippen molar-refractivity contribution in [2.75, 3.05) is 6.61 Å². The lowest BCUT2D eigenvalue weighted by molar-refractivity contribution is -0.146. The summed E-state index contributed by atoms with van der Waals surface area (Å²) >= 11 is 5.79. The predicted molar refractivity (Wildman–Crippen MR) is 72.8 cm³/mol. The highest BCUT2D eigenvalue weighted by molar-refractivity contribution is 6.30. The van der Waals surface area contributed by atoms with E-state index in [1.807, 2.05) is 0 Å². The van der Waals surface area contributed by atoms with E-state index in [2.05, 4.69) is 20.0 Å². The summed E-state index contributed by atoms with van der Waals surface area (Å²) in [7, 11) is 0. The molecule has 0 atom stereocenters. The normalized spacial score (nSPS) is 11.3. The summed E-state index contributed by atoms with van der Waals surface area (Å²) in [6.07, 6.45) is -4.69. The number of nitrogens with one attached hydrogen (secondary N) is 1. The highest BCUT2D eigenvalue weighted by atomic mass is 35.5. The lowest BCUT2D eigenvalue weighted by Gasteiger charge is -2.09. The van der Waals surface area contributed by atoms with Gasteiger partial charge in [0.2, 0.25) is 5.89 Å². The Balaban J connectivity index is 1.82. The molecule has 0 saturated carbocycles. The second-order valence-electron chi connectivity index (χ2n) is 4.48. The fourth-order valence-electron chi connectivity index (χ4n) is 1.59. The molecule has 0 radical (unpaired) electrons. The van der Waals surface area contributed by atoms with E-state index in [1.54, 1.807) is 25.1 Å². The Hall–Kier alpha value is -2.29. The number of hydrogen-bond donors (Lipinski definition) is 1. The zero-order valence-corrected chi connectivity index (χ0v) is 12.5. The van der Waals surface area contributed by atoms with Crippen molar-refractivity contribution < 1.29 is 27.2 Å². The van der Waals surface area contributed by atoms with Crippen molar-refractivity contribution in [2.24, 2.45) is 0 Å². The highest BCUT2D eigenvalue weighted by Gasteiger charge is 2.37. The van der Waals surface area contributed by atoms with Gasteiger partial charge in [-0.05, 0) is 30.7 Å². The molecule has 1 aromatic carbocycles. The topological polar surface area (TPSA) is 77.2 Å². The summed E-state index contributed by atoms with van der Waals surface area (Å²) in [6, 6.07) is 4.89. The lowest BCUT2D eigenvalue weighted by atomic mass is 10.2. The Kier molecular flexibility index (Phi) is 5.09. The van der Waals surface area contributed by atoms with Crippen molar-refractivity contribution in [2.45, 2.75) is 19.6 Å². The Morgan fingerprint density at radius 3 is 2.78 bits per heavy atom. The molecule has 124 valence electrons. The van der Waals surface area contributed by atoms with Crippen LogP contribution in [0.2, 0.25) is 5.02 Å². The number of halogens is 4. The Morgan fingerprint density at radius 2 is 2.17 bits per heavy atom. The molecule has 2 aromatic rings. The summed E-state index contributed by atoms with van der Waals surface area (Å²) in [4.78, 5) is 14.7. The Labute approximate surface area is 133 Å². The largest absolute Gasteiger partial charge is 0.484 e. The zero-order valence-electron chi connectivity index (χ0n) is 11.8. The van der Waals surface area contributed by atoms with Gasteiger partial charge in [0.15, 0.2) is 6.61 Å². The summed E-state index contributed by atoms with van der Waals surface area (Å²) in [5.74, 6) is -1.82. The molecular weight excluding hydrogens is 339 g/mol. The number of alkyl halides is 3. The Bertz CT molecular complexity index is 703. The van der Waals surface area contributed by atoms with Crippen LogP contribution in [0.4, 0.5) is 13.2 Å². The molecule has 0 saturated heterocycles. The number of ether oxygens (including phenoxy) is 1. The van der Waals surface area contributed by atoms with Crippen LogP contribution in [0, 0.1) is 6.92 Å². The first-order valence-corrected chi connectivity index (χ1v) is 6.69. The Morgan fingerprint density at radius 1 is 1.43 bits per heavy atom. The third kappa shape index (κ3) is 4.85. The third-order valence-electron chi connectivity index (χ3n) is 2.65. The van der Waals surface area contributed by atoms with E-state index in [4.69, 9.17) is 16.3 Å². The zero-order chi connectivity index (χ0) is 17.0. The van der Waals surface area contributed by atoms with Gasteiger partial charge in [0, 0.05) is 5.02 Å². The summed E-state index contributed by atoms with van der Waals surface area (Å²) in [5.41, 5.74) is 0.747. The highest BCUT2D eigenvalue weighted by Crippen LogP contribution is 2.26. The molecule has 0 fully saturated rings. The molecule has 0 unspecified atom stereocenters. The molecule has 0 aliphatic heterocycles. The molecule has 0 aliphatic rings. The molecule has 0 bridgehead atoms. The van der Waals surface area contributed by atoms with Gasteiger partial charge in [-0.2, -0.15) is 18.2 Å². The van der Waals surface area contributed by atoms with Crippen LogP contribution >= 0.6 is 11.6 Å². The van der Waals surface area contributed by atoms with Crippen LogP contribution in [0.25, 0.3) is 0 Å². The number of aromatic nitrogens is 2. The van der Waals surface area contributed by atoms with E-state index in [1.165, 1.54) is 0 Å². The first-order chi connectivity index (χ1) is 10.8. The second-order valence-corrected chi connectivity index (χ2v) is 4.92. The number of carbonyl (C=O) groups excluding carboxylic acids is 1. The van der Waals surface area contributed by atoms with Gasteiger partial charge in [0.25, 0.3) is 11.7 Å². The van der Waals surface area contributed by atoms with E-state index in [9.17, 15) is 18.0 Å². The van der Waals surface area contributed by atoms with E-state index >= 15 is 0 Å². The minimum absolute atomic E-state index is 0.317. The summed E-state index contributed by atoms with van der Waals surface area (Å²) in [5, 5.41) is 5.62. The fourth-order valence-corrected chi connectivity index (χ4v) is 1.81. The first-order valence-electron chi connectivity index (χ1n) is 6.31. The molecular formula is C13H11ClF3N3O3. The molecule has 1 amide bonds. The maximum Gasteiger partial charge on any atom is 0.455 e. The minimum Gasteiger partial charge on any atom is -0.484 e. The number of rotatable bonds is 5. The van der Waals surface area contributed by atoms with Crippen LogP contribution in [0.5, 0.6) is 5.75 Å². The predicted octanol–water partition coefficient (Wildman–Crippen LogP) is 2.75. The molecule has 2 rings (SSSR count). The van der Waals surface area contributed by atoms with Gasteiger partial charge in [-0.1, -0.05) is 16.8 Å². The number of hydrogen-bond acceptors (Lipinski definition) is 5. The molecule has 0 aliphatic carbocycles. The third-order valence-corrected chi connectivity index (χ3v) is 2.89. The smallest absolute Gasteiger partial charge is 0.455 e. The number of aryl methyl sites for hydroxylation is 1. The van der Waals surface area contributed by atoms with Gasteiger partial charge < -0.3 is 14.6 Å². The second kappa shape index (κ2) is 6.86. The van der Waals surface area contributed by atoms with Gasteiger partial charge in [0.05, 0.1) is 6.54 Å². The van der Waals surface area contributed by atoms with Crippen LogP contribution in [0.1, 0.15) is 17.3 Å². The quantitative estimate of drug-likeness (QED) is 0.898. The maximum absolute atomic E-state index is 12.3. The molecule has 1 heterocycles. The van der Waals surface area contributed by atoms with E-state index < -0.39 is 17.9 Å². The van der Waals surface area contributed by atoms with Crippen molar-refractivity contribution in [3.05, 3.63) is 40.5 Å². The molecule has 23 heavy (non-hydrogen) atoms. The average molecular weight is 350 g/mol. The average Bonchev–Trinajstić information content (AvgIpc) is 2.93.